The average molecular weight is 172 g/mol. The number of hydrogen-bond acceptors (Lipinski definition) is 2. The second kappa shape index (κ2) is 5.55. The molecule has 0 aromatic heterocycles. The molecule has 0 fully saturated rings. The van der Waals surface area contributed by atoms with E-state index >= 15 is 0 Å². The van der Waals surface area contributed by atoms with Crippen molar-refractivity contribution in [1.29, 1.82) is 0 Å². The van der Waals surface area contributed by atoms with E-state index in [-0.39, 0.29) is 6.04 Å². The lowest BCUT2D eigenvalue weighted by Crippen LogP contribution is -2.48. The number of nitrogens with one attached hydrogen (secondary N) is 1. The number of hydrogen-bond donors (Lipinski definition) is 2. The van der Waals surface area contributed by atoms with Gasteiger partial charge in [0, 0.05) is 18.1 Å². The van der Waals surface area contributed by atoms with Crippen molar-refractivity contribution in [2.75, 3.05) is 6.54 Å². The minimum atomic E-state index is 0.258. The summed E-state index contributed by atoms with van der Waals surface area (Å²) in [4.78, 5) is 0. The molecule has 0 amide bonds. The minimum absolute atomic E-state index is 0.258. The van der Waals surface area contributed by atoms with Gasteiger partial charge in [-0.15, -0.1) is 0 Å². The maximum absolute atomic E-state index is 5.70. The molecule has 0 heterocycles. The fraction of sp³-hybridized carbons (Fsp3) is 1.00. The lowest BCUT2D eigenvalue weighted by atomic mass is 9.89. The molecule has 3 N–H and O–H groups in total. The smallest absolute Gasteiger partial charge is 0.0174 e. The second-order valence-electron chi connectivity index (χ2n) is 3.70. The molecule has 0 aliphatic rings. The first-order valence-corrected chi connectivity index (χ1v) is 5.10. The Labute approximate surface area is 76.9 Å². The summed E-state index contributed by atoms with van der Waals surface area (Å²) in [7, 11) is 0. The maximum Gasteiger partial charge on any atom is 0.0174 e. The Morgan fingerprint density at radius 2 is 1.58 bits per heavy atom. The molecular weight excluding hydrogens is 148 g/mol. The Morgan fingerprint density at radius 1 is 1.17 bits per heavy atom. The van der Waals surface area contributed by atoms with E-state index in [1.807, 2.05) is 6.92 Å². The van der Waals surface area contributed by atoms with Crippen LogP contribution in [-0.4, -0.2) is 18.1 Å². The molecule has 0 saturated carbocycles. The molecule has 2 heteroatoms. The summed E-state index contributed by atoms with van der Waals surface area (Å²) >= 11 is 0. The van der Waals surface area contributed by atoms with Crippen molar-refractivity contribution < 1.29 is 0 Å². The summed E-state index contributed by atoms with van der Waals surface area (Å²) in [6.45, 7) is 9.68. The minimum Gasteiger partial charge on any atom is -0.327 e. The predicted octanol–water partition coefficient (Wildman–Crippen LogP) is 1.89. The number of nitrogens with two attached hydrogens (primary N) is 1. The summed E-state index contributed by atoms with van der Waals surface area (Å²) in [5, 5.41) is 3.56. The van der Waals surface area contributed by atoms with Gasteiger partial charge in [-0.1, -0.05) is 20.8 Å². The van der Waals surface area contributed by atoms with Crippen LogP contribution in [0.5, 0.6) is 0 Å². The van der Waals surface area contributed by atoms with Crippen molar-refractivity contribution in [2.24, 2.45) is 5.73 Å². The van der Waals surface area contributed by atoms with E-state index in [1.165, 1.54) is 19.3 Å². The van der Waals surface area contributed by atoms with E-state index in [9.17, 15) is 0 Å². The molecule has 0 rings (SSSR count). The topological polar surface area (TPSA) is 38.0 Å². The molecule has 0 aromatic carbocycles. The third-order valence-corrected chi connectivity index (χ3v) is 2.83. The molecule has 0 aliphatic carbocycles. The van der Waals surface area contributed by atoms with E-state index in [0.717, 1.165) is 6.54 Å². The highest BCUT2D eigenvalue weighted by atomic mass is 15.0. The largest absolute Gasteiger partial charge is 0.327 e. The Kier molecular flexibility index (Phi) is 5.51. The standard InChI is InChI=1S/C10H24N2/c1-5-10(6-2,7-3)12-8-9(4)11/h9,12H,5-8,11H2,1-4H3. The molecule has 2 nitrogen and oxygen atoms in total. The Bertz CT molecular complexity index is 98.1. The van der Waals surface area contributed by atoms with Crippen molar-refractivity contribution in [3.05, 3.63) is 0 Å². The van der Waals surface area contributed by atoms with Gasteiger partial charge < -0.3 is 11.1 Å². The third kappa shape index (κ3) is 3.55. The van der Waals surface area contributed by atoms with Crippen LogP contribution in [0.15, 0.2) is 0 Å². The SMILES string of the molecule is CCC(CC)(CC)NCC(C)N. The molecule has 1 unspecified atom stereocenters. The van der Waals surface area contributed by atoms with Crippen LogP contribution in [0.3, 0.4) is 0 Å². The Hall–Kier alpha value is -0.0800. The zero-order valence-electron chi connectivity index (χ0n) is 8.98. The number of rotatable bonds is 6. The van der Waals surface area contributed by atoms with Gasteiger partial charge in [-0.05, 0) is 26.2 Å². The van der Waals surface area contributed by atoms with Crippen LogP contribution in [0.25, 0.3) is 0 Å². The summed E-state index contributed by atoms with van der Waals surface area (Å²) in [5.41, 5.74) is 6.03. The second-order valence-corrected chi connectivity index (χ2v) is 3.70. The van der Waals surface area contributed by atoms with Gasteiger partial charge in [-0.2, -0.15) is 0 Å². The van der Waals surface area contributed by atoms with Gasteiger partial charge in [0.25, 0.3) is 0 Å². The Morgan fingerprint density at radius 3 is 1.83 bits per heavy atom. The summed E-state index contributed by atoms with van der Waals surface area (Å²) < 4.78 is 0. The van der Waals surface area contributed by atoms with Crippen LogP contribution in [0.2, 0.25) is 0 Å². The third-order valence-electron chi connectivity index (χ3n) is 2.83. The van der Waals surface area contributed by atoms with Gasteiger partial charge in [0.1, 0.15) is 0 Å². The van der Waals surface area contributed by atoms with E-state index in [0.29, 0.717) is 5.54 Å². The molecule has 1 atom stereocenters. The van der Waals surface area contributed by atoms with Crippen LogP contribution in [0.4, 0.5) is 0 Å². The van der Waals surface area contributed by atoms with Crippen LogP contribution >= 0.6 is 0 Å². The molecule has 0 radical (unpaired) electrons. The molecule has 12 heavy (non-hydrogen) atoms. The fourth-order valence-electron chi connectivity index (χ4n) is 1.50. The quantitative estimate of drug-likeness (QED) is 0.642. The zero-order valence-corrected chi connectivity index (χ0v) is 8.98. The lowest BCUT2D eigenvalue weighted by Gasteiger charge is -2.32. The molecule has 74 valence electrons. The van der Waals surface area contributed by atoms with Gasteiger partial charge in [0.05, 0.1) is 0 Å². The van der Waals surface area contributed by atoms with Gasteiger partial charge >= 0.3 is 0 Å². The molecule has 0 saturated heterocycles. The van der Waals surface area contributed by atoms with Gasteiger partial charge in [0.15, 0.2) is 0 Å². The maximum atomic E-state index is 5.70. The molecular formula is C10H24N2. The van der Waals surface area contributed by atoms with E-state index in [4.69, 9.17) is 5.73 Å². The van der Waals surface area contributed by atoms with Crippen molar-refractivity contribution in [3.63, 3.8) is 0 Å². The van der Waals surface area contributed by atoms with E-state index in [1.54, 1.807) is 0 Å². The molecule has 0 bridgehead atoms. The van der Waals surface area contributed by atoms with Crippen LogP contribution in [0, 0.1) is 0 Å². The van der Waals surface area contributed by atoms with Gasteiger partial charge in [-0.3, -0.25) is 0 Å². The summed E-state index contributed by atoms with van der Waals surface area (Å²) in [6, 6.07) is 0.258. The van der Waals surface area contributed by atoms with Crippen molar-refractivity contribution in [2.45, 2.75) is 58.5 Å². The first kappa shape index (κ1) is 11.9. The highest BCUT2D eigenvalue weighted by Crippen LogP contribution is 2.18. The zero-order chi connectivity index (χ0) is 9.61. The lowest BCUT2D eigenvalue weighted by molar-refractivity contribution is 0.285. The first-order chi connectivity index (χ1) is 5.60. The average Bonchev–Trinajstić information content (AvgIpc) is 2.08. The molecule has 0 aromatic rings. The van der Waals surface area contributed by atoms with Crippen molar-refractivity contribution in [1.82, 2.24) is 5.32 Å². The van der Waals surface area contributed by atoms with Crippen molar-refractivity contribution >= 4 is 0 Å². The van der Waals surface area contributed by atoms with E-state index < -0.39 is 0 Å². The van der Waals surface area contributed by atoms with Crippen LogP contribution in [0.1, 0.15) is 47.0 Å². The summed E-state index contributed by atoms with van der Waals surface area (Å²) in [6.07, 6.45) is 3.56. The normalized spacial score (nSPS) is 14.8. The summed E-state index contributed by atoms with van der Waals surface area (Å²) in [5.74, 6) is 0. The van der Waals surface area contributed by atoms with Gasteiger partial charge in [0.2, 0.25) is 0 Å². The molecule has 0 spiro atoms. The van der Waals surface area contributed by atoms with E-state index in [2.05, 4.69) is 26.1 Å². The Balaban J connectivity index is 3.93. The highest BCUT2D eigenvalue weighted by molar-refractivity contribution is 4.84. The fourth-order valence-corrected chi connectivity index (χ4v) is 1.50. The van der Waals surface area contributed by atoms with Crippen LogP contribution < -0.4 is 11.1 Å². The monoisotopic (exact) mass is 172 g/mol. The molecule has 0 aliphatic heterocycles. The van der Waals surface area contributed by atoms with Crippen molar-refractivity contribution in [3.8, 4) is 0 Å². The van der Waals surface area contributed by atoms with Crippen LogP contribution in [-0.2, 0) is 0 Å². The first-order valence-electron chi connectivity index (χ1n) is 5.10. The van der Waals surface area contributed by atoms with Gasteiger partial charge in [-0.25, -0.2) is 0 Å². The highest BCUT2D eigenvalue weighted by Gasteiger charge is 2.22. The predicted molar refractivity (Wildman–Crippen MR) is 55.3 cm³/mol.